The van der Waals surface area contributed by atoms with Crippen molar-refractivity contribution in [2.24, 2.45) is 0 Å². The Labute approximate surface area is 228 Å². The number of alkyl halides is 3. The predicted octanol–water partition coefficient (Wildman–Crippen LogP) is 5.63. The van der Waals surface area contributed by atoms with E-state index in [1.165, 1.54) is 25.3 Å². The fourth-order valence-corrected chi connectivity index (χ4v) is 4.18. The van der Waals surface area contributed by atoms with Gasteiger partial charge in [0.15, 0.2) is 17.1 Å². The van der Waals surface area contributed by atoms with Crippen LogP contribution in [0.25, 0.3) is 33.1 Å². The van der Waals surface area contributed by atoms with E-state index >= 15 is 0 Å². The Kier molecular flexibility index (Phi) is 7.94. The molecule has 0 aliphatic carbocycles. The van der Waals surface area contributed by atoms with Crippen molar-refractivity contribution in [2.45, 2.75) is 12.6 Å². The molecule has 0 amide bonds. The number of carboxylic acids is 1. The van der Waals surface area contributed by atoms with Crippen molar-refractivity contribution in [3.63, 3.8) is 0 Å². The van der Waals surface area contributed by atoms with Gasteiger partial charge < -0.3 is 19.7 Å². The second-order valence-corrected chi connectivity index (χ2v) is 8.53. The molecule has 0 radical (unpaired) electrons. The van der Waals surface area contributed by atoms with Crippen molar-refractivity contribution in [1.29, 1.82) is 0 Å². The fraction of sp³-hybridized carbons (Fsp3) is 0.148. The third kappa shape index (κ3) is 5.95. The maximum absolute atomic E-state index is 11.8. The summed E-state index contributed by atoms with van der Waals surface area (Å²) in [7, 11) is 3.06. The van der Waals surface area contributed by atoms with Crippen molar-refractivity contribution in [3.05, 3.63) is 82.0 Å². The number of aromatic nitrogens is 3. The van der Waals surface area contributed by atoms with E-state index in [2.05, 4.69) is 10.2 Å². The monoisotopic (exact) mass is 570 g/mol. The van der Waals surface area contributed by atoms with E-state index in [0.29, 0.717) is 34.6 Å². The van der Waals surface area contributed by atoms with Crippen LogP contribution in [0, 0.1) is 10.1 Å². The number of nitro benzene ring substituents is 1. The van der Waals surface area contributed by atoms with Crippen LogP contribution in [-0.4, -0.2) is 56.7 Å². The van der Waals surface area contributed by atoms with Gasteiger partial charge in [0, 0.05) is 23.3 Å². The minimum atomic E-state index is -5.08. The molecule has 0 saturated heterocycles. The van der Waals surface area contributed by atoms with Crippen molar-refractivity contribution >= 4 is 33.5 Å². The van der Waals surface area contributed by atoms with Crippen LogP contribution in [0.4, 0.5) is 18.9 Å². The lowest BCUT2D eigenvalue weighted by Crippen LogP contribution is -2.21. The fourth-order valence-electron chi connectivity index (χ4n) is 4.18. The van der Waals surface area contributed by atoms with Gasteiger partial charge in [-0.25, -0.2) is 9.78 Å². The number of fused-ring (bicyclic) bond motifs is 3. The summed E-state index contributed by atoms with van der Waals surface area (Å²) in [6.45, 7) is 0. The van der Waals surface area contributed by atoms with Crippen LogP contribution in [0.2, 0.25) is 0 Å². The molecule has 0 unspecified atom stereocenters. The van der Waals surface area contributed by atoms with Crippen LogP contribution < -0.4 is 9.47 Å². The number of hydrogen-bond acceptors (Lipinski definition) is 8. The number of H-pyrrole nitrogens is 1. The van der Waals surface area contributed by atoms with Gasteiger partial charge in [0.05, 0.1) is 41.5 Å². The number of phenolic OH excluding ortho intramolecular Hbond substituents is 1. The van der Waals surface area contributed by atoms with Gasteiger partial charge in [0.25, 0.3) is 5.69 Å². The highest BCUT2D eigenvalue weighted by Gasteiger charge is 2.38. The molecule has 0 spiro atoms. The first-order valence-electron chi connectivity index (χ1n) is 11.7. The summed E-state index contributed by atoms with van der Waals surface area (Å²) >= 11 is 0. The molecule has 0 fully saturated rings. The maximum Gasteiger partial charge on any atom is 0.490 e. The standard InChI is InChI=1S/C25H20N4O5.C2HF3O2/c1-33-21-12-16-17(13-22(21)34-2)24(18-11-15(30)8-9-20(18)29(31)32)26-25-23(16)19(27-28-25)10-14-6-4-3-5-7-14;3-2(4,5)1(6)7/h3-9,11-13,30H,10H2,1-2H3,(H,26,27,28);(H,6,7). The van der Waals surface area contributed by atoms with E-state index in [9.17, 15) is 28.4 Å². The van der Waals surface area contributed by atoms with E-state index < -0.39 is 17.1 Å². The molecule has 0 bridgehead atoms. The Balaban J connectivity index is 0.000000493. The number of nitrogens with zero attached hydrogens (tertiary/aromatic N) is 3. The first-order chi connectivity index (χ1) is 19.4. The highest BCUT2D eigenvalue weighted by molar-refractivity contribution is 6.12. The van der Waals surface area contributed by atoms with Gasteiger partial charge in [0.1, 0.15) is 5.75 Å². The molecular formula is C27H21F3N4O7. The molecule has 0 saturated carbocycles. The summed E-state index contributed by atoms with van der Waals surface area (Å²) < 4.78 is 42.8. The SMILES string of the molecule is COc1cc2c(-c3cc(O)ccc3[N+](=O)[O-])nc3[nH]nc(Cc4ccccc4)c3c2cc1OC.O=C(O)C(F)(F)F. The summed E-state index contributed by atoms with van der Waals surface area (Å²) in [6, 6.07) is 17.4. The number of aromatic hydroxyl groups is 1. The smallest absolute Gasteiger partial charge is 0.490 e. The lowest BCUT2D eigenvalue weighted by molar-refractivity contribution is -0.384. The zero-order chi connectivity index (χ0) is 29.9. The predicted molar refractivity (Wildman–Crippen MR) is 141 cm³/mol. The number of aliphatic carboxylic acids is 1. The Morgan fingerprint density at radius 1 is 1.02 bits per heavy atom. The number of phenols is 1. The average molecular weight is 570 g/mol. The van der Waals surface area contributed by atoms with Crippen molar-refractivity contribution in [2.75, 3.05) is 14.2 Å². The van der Waals surface area contributed by atoms with E-state index in [1.807, 2.05) is 36.4 Å². The molecule has 212 valence electrons. The van der Waals surface area contributed by atoms with E-state index in [0.717, 1.165) is 22.0 Å². The Hall–Kier alpha value is -5.40. The minimum Gasteiger partial charge on any atom is -0.508 e. The largest absolute Gasteiger partial charge is 0.508 e. The van der Waals surface area contributed by atoms with E-state index in [1.54, 1.807) is 13.2 Å². The third-order valence-electron chi connectivity index (χ3n) is 5.98. The highest BCUT2D eigenvalue weighted by atomic mass is 19.4. The molecule has 41 heavy (non-hydrogen) atoms. The number of hydrogen-bond donors (Lipinski definition) is 3. The quantitative estimate of drug-likeness (QED) is 0.173. The molecule has 11 nitrogen and oxygen atoms in total. The van der Waals surface area contributed by atoms with Gasteiger partial charge in [-0.2, -0.15) is 18.3 Å². The summed E-state index contributed by atoms with van der Waals surface area (Å²) in [5, 5.41) is 38.6. The average Bonchev–Trinajstić information content (AvgIpc) is 3.34. The number of methoxy groups -OCH3 is 2. The third-order valence-corrected chi connectivity index (χ3v) is 5.98. The first kappa shape index (κ1) is 28.6. The number of rotatable bonds is 6. The van der Waals surface area contributed by atoms with Crippen molar-refractivity contribution < 1.29 is 42.6 Å². The summed E-state index contributed by atoms with van der Waals surface area (Å²) in [4.78, 5) is 24.9. The molecule has 3 aromatic carbocycles. The minimum absolute atomic E-state index is 0.106. The van der Waals surface area contributed by atoms with Gasteiger partial charge in [-0.3, -0.25) is 15.2 Å². The second kappa shape index (κ2) is 11.4. The molecular weight excluding hydrogens is 549 g/mol. The molecule has 0 atom stereocenters. The number of aromatic amines is 1. The number of pyridine rings is 1. The molecule has 5 rings (SSSR count). The van der Waals surface area contributed by atoms with Crippen LogP contribution in [0.3, 0.4) is 0 Å². The first-order valence-corrected chi connectivity index (χ1v) is 11.7. The lowest BCUT2D eigenvalue weighted by Gasteiger charge is -2.13. The van der Waals surface area contributed by atoms with Crippen molar-refractivity contribution in [1.82, 2.24) is 15.2 Å². The van der Waals surface area contributed by atoms with Crippen LogP contribution in [0.15, 0.2) is 60.7 Å². The van der Waals surface area contributed by atoms with Crippen molar-refractivity contribution in [3.8, 4) is 28.5 Å². The topological polar surface area (TPSA) is 161 Å². The Morgan fingerprint density at radius 2 is 1.63 bits per heavy atom. The van der Waals surface area contributed by atoms with Gasteiger partial charge in [-0.05, 0) is 29.8 Å². The molecule has 0 aliphatic heterocycles. The zero-order valence-electron chi connectivity index (χ0n) is 21.4. The molecule has 5 aromatic rings. The summed E-state index contributed by atoms with van der Waals surface area (Å²) in [5.74, 6) is -1.91. The number of carbonyl (C=O) groups is 1. The van der Waals surface area contributed by atoms with Crippen LogP contribution in [-0.2, 0) is 11.2 Å². The number of nitrogens with one attached hydrogen (secondary N) is 1. The number of nitro groups is 1. The zero-order valence-corrected chi connectivity index (χ0v) is 21.4. The van der Waals surface area contributed by atoms with Gasteiger partial charge >= 0.3 is 12.1 Å². The summed E-state index contributed by atoms with van der Waals surface area (Å²) in [5.41, 5.74) is 2.66. The lowest BCUT2D eigenvalue weighted by atomic mass is 9.97. The summed E-state index contributed by atoms with van der Waals surface area (Å²) in [6.07, 6.45) is -4.52. The van der Waals surface area contributed by atoms with Gasteiger partial charge in [0.2, 0.25) is 0 Å². The van der Waals surface area contributed by atoms with Gasteiger partial charge in [-0.15, -0.1) is 0 Å². The molecule has 2 heterocycles. The second-order valence-electron chi connectivity index (χ2n) is 8.53. The number of benzene rings is 3. The van der Waals surface area contributed by atoms with Gasteiger partial charge in [-0.1, -0.05) is 30.3 Å². The van der Waals surface area contributed by atoms with E-state index in [-0.39, 0.29) is 17.0 Å². The van der Waals surface area contributed by atoms with Crippen LogP contribution in [0.5, 0.6) is 17.2 Å². The molecule has 2 aromatic heterocycles. The highest BCUT2D eigenvalue weighted by Crippen LogP contribution is 2.43. The van der Waals surface area contributed by atoms with Crippen LogP contribution in [0.1, 0.15) is 11.3 Å². The Bertz CT molecular complexity index is 1760. The molecule has 3 N–H and O–H groups in total. The molecule has 14 heteroatoms. The van der Waals surface area contributed by atoms with Crippen LogP contribution >= 0.6 is 0 Å². The maximum atomic E-state index is 11.8. The number of halogens is 3. The van der Waals surface area contributed by atoms with E-state index in [4.69, 9.17) is 24.4 Å². The number of ether oxygens (including phenoxy) is 2. The Morgan fingerprint density at radius 3 is 2.20 bits per heavy atom. The molecule has 0 aliphatic rings. The number of carboxylic acid groups (broad SMARTS) is 1. The normalized spacial score (nSPS) is 11.1.